The van der Waals surface area contributed by atoms with E-state index in [1.807, 2.05) is 0 Å². The van der Waals surface area contributed by atoms with Crippen LogP contribution in [0.1, 0.15) is 22.8 Å². The van der Waals surface area contributed by atoms with Crippen molar-refractivity contribution >= 4 is 11.8 Å². The van der Waals surface area contributed by atoms with Gasteiger partial charge in [0.2, 0.25) is 0 Å². The second-order valence-corrected chi connectivity index (χ2v) is 3.41. The Balaban J connectivity index is 2.76. The Morgan fingerprint density at radius 2 is 2.06 bits per heavy atom. The molecule has 0 fully saturated rings. The van der Waals surface area contributed by atoms with Crippen molar-refractivity contribution in [2.24, 2.45) is 0 Å². The normalized spacial score (nSPS) is 10.5. The second kappa shape index (κ2) is 5.94. The predicted molar refractivity (Wildman–Crippen MR) is 61.2 cm³/mol. The van der Waals surface area contributed by atoms with Gasteiger partial charge in [0.15, 0.2) is 5.78 Å². The van der Waals surface area contributed by atoms with E-state index in [-0.39, 0.29) is 18.2 Å². The van der Waals surface area contributed by atoms with Crippen molar-refractivity contribution in [3.63, 3.8) is 0 Å². The first-order valence-electron chi connectivity index (χ1n) is 5.20. The summed E-state index contributed by atoms with van der Waals surface area (Å²) >= 11 is 0. The smallest absolute Gasteiger partial charge is 0.330 e. The van der Waals surface area contributed by atoms with Crippen LogP contribution < -0.4 is 0 Å². The van der Waals surface area contributed by atoms with E-state index < -0.39 is 5.97 Å². The molecule has 0 spiro atoms. The van der Waals surface area contributed by atoms with Crippen molar-refractivity contribution in [3.05, 3.63) is 47.3 Å². The quantitative estimate of drug-likeness (QED) is 0.458. The molecule has 0 amide bonds. The number of hydrogen-bond donors (Lipinski definition) is 0. The molecule has 17 heavy (non-hydrogen) atoms. The van der Waals surface area contributed by atoms with Gasteiger partial charge < -0.3 is 4.74 Å². The highest BCUT2D eigenvalue weighted by Crippen LogP contribution is 2.10. The summed E-state index contributed by atoms with van der Waals surface area (Å²) in [6, 6.07) is 4.04. The Morgan fingerprint density at radius 1 is 1.35 bits per heavy atom. The molecule has 0 unspecified atom stereocenters. The van der Waals surface area contributed by atoms with Crippen molar-refractivity contribution < 1.29 is 18.7 Å². The van der Waals surface area contributed by atoms with Gasteiger partial charge in [0.05, 0.1) is 6.61 Å². The Labute approximate surface area is 98.9 Å². The van der Waals surface area contributed by atoms with Gasteiger partial charge >= 0.3 is 5.97 Å². The molecule has 0 radical (unpaired) electrons. The molecule has 0 aliphatic carbocycles. The van der Waals surface area contributed by atoms with Gasteiger partial charge in [-0.15, -0.1) is 0 Å². The van der Waals surface area contributed by atoms with Crippen LogP contribution in [0.25, 0.3) is 0 Å². The average Bonchev–Trinajstić information content (AvgIpc) is 2.30. The lowest BCUT2D eigenvalue weighted by molar-refractivity contribution is -0.137. The summed E-state index contributed by atoms with van der Waals surface area (Å²) in [5, 5.41) is 0. The van der Waals surface area contributed by atoms with E-state index in [0.29, 0.717) is 11.1 Å². The maximum Gasteiger partial charge on any atom is 0.330 e. The first-order valence-corrected chi connectivity index (χ1v) is 5.20. The minimum absolute atomic E-state index is 0.257. The van der Waals surface area contributed by atoms with Gasteiger partial charge in [-0.2, -0.15) is 0 Å². The first-order chi connectivity index (χ1) is 8.04. The van der Waals surface area contributed by atoms with Crippen molar-refractivity contribution in [3.8, 4) is 0 Å². The number of ether oxygens (including phenoxy) is 1. The number of aryl methyl sites for hydroxylation is 1. The third-order valence-electron chi connectivity index (χ3n) is 2.10. The maximum atomic E-state index is 13.0. The minimum Gasteiger partial charge on any atom is -0.463 e. The number of carbonyl (C=O) groups is 2. The molecule has 0 bridgehead atoms. The van der Waals surface area contributed by atoms with Crippen LogP contribution in [-0.2, 0) is 9.53 Å². The lowest BCUT2D eigenvalue weighted by Gasteiger charge is -1.99. The molecule has 0 aliphatic heterocycles. The number of esters is 1. The van der Waals surface area contributed by atoms with E-state index in [9.17, 15) is 14.0 Å². The summed E-state index contributed by atoms with van der Waals surface area (Å²) in [6.45, 7) is 3.51. The summed E-state index contributed by atoms with van der Waals surface area (Å²) in [7, 11) is 0. The molecule has 0 atom stereocenters. The molecule has 1 aromatic carbocycles. The highest BCUT2D eigenvalue weighted by molar-refractivity contribution is 6.07. The minimum atomic E-state index is -0.570. The summed E-state index contributed by atoms with van der Waals surface area (Å²) in [6.07, 6.45) is 2.18. The van der Waals surface area contributed by atoms with Crippen LogP contribution in [0.2, 0.25) is 0 Å². The molecule has 0 saturated heterocycles. The summed E-state index contributed by atoms with van der Waals surface area (Å²) in [4.78, 5) is 22.6. The number of carbonyl (C=O) groups excluding carboxylic acids is 2. The van der Waals surface area contributed by atoms with E-state index in [1.165, 1.54) is 18.2 Å². The van der Waals surface area contributed by atoms with Crippen molar-refractivity contribution in [2.45, 2.75) is 13.8 Å². The highest BCUT2D eigenvalue weighted by Gasteiger charge is 2.05. The number of halogens is 1. The highest BCUT2D eigenvalue weighted by atomic mass is 19.1. The van der Waals surface area contributed by atoms with E-state index in [1.54, 1.807) is 13.8 Å². The van der Waals surface area contributed by atoms with Gasteiger partial charge in [-0.3, -0.25) is 4.79 Å². The van der Waals surface area contributed by atoms with Gasteiger partial charge in [-0.25, -0.2) is 9.18 Å². The standard InChI is InChI=1S/C13H13FO3/c1-3-17-13(16)7-6-12(15)10-4-5-11(14)9(2)8-10/h4-8H,3H2,1-2H3/b7-6+. The molecule has 4 heteroatoms. The third-order valence-corrected chi connectivity index (χ3v) is 2.10. The van der Waals surface area contributed by atoms with Crippen LogP contribution >= 0.6 is 0 Å². The molecular weight excluding hydrogens is 223 g/mol. The molecule has 0 saturated carbocycles. The van der Waals surface area contributed by atoms with Crippen molar-refractivity contribution in [1.82, 2.24) is 0 Å². The van der Waals surface area contributed by atoms with Gasteiger partial charge in [-0.05, 0) is 43.7 Å². The van der Waals surface area contributed by atoms with Crippen LogP contribution in [0, 0.1) is 12.7 Å². The van der Waals surface area contributed by atoms with Gasteiger partial charge in [0.1, 0.15) is 5.82 Å². The average molecular weight is 236 g/mol. The lowest BCUT2D eigenvalue weighted by atomic mass is 10.1. The number of allylic oxidation sites excluding steroid dienone is 1. The van der Waals surface area contributed by atoms with E-state index in [0.717, 1.165) is 12.2 Å². The van der Waals surface area contributed by atoms with Crippen LogP contribution in [0.3, 0.4) is 0 Å². The van der Waals surface area contributed by atoms with Gasteiger partial charge in [0.25, 0.3) is 0 Å². The molecule has 0 aromatic heterocycles. The molecule has 1 rings (SSSR count). The number of benzene rings is 1. The van der Waals surface area contributed by atoms with Crippen LogP contribution in [0.5, 0.6) is 0 Å². The lowest BCUT2D eigenvalue weighted by Crippen LogP contribution is -2.02. The van der Waals surface area contributed by atoms with Gasteiger partial charge in [0, 0.05) is 11.6 Å². The predicted octanol–water partition coefficient (Wildman–Crippen LogP) is 2.44. The summed E-state index contributed by atoms with van der Waals surface area (Å²) in [5.74, 6) is -1.29. The zero-order chi connectivity index (χ0) is 12.8. The number of ketones is 1. The van der Waals surface area contributed by atoms with E-state index >= 15 is 0 Å². The summed E-state index contributed by atoms with van der Waals surface area (Å²) in [5.41, 5.74) is 0.727. The molecule has 1 aromatic rings. The zero-order valence-electron chi connectivity index (χ0n) is 9.70. The fourth-order valence-corrected chi connectivity index (χ4v) is 1.23. The maximum absolute atomic E-state index is 13.0. The molecule has 3 nitrogen and oxygen atoms in total. The van der Waals surface area contributed by atoms with E-state index in [2.05, 4.69) is 4.74 Å². The molecular formula is C13H13FO3. The SMILES string of the molecule is CCOC(=O)/C=C/C(=O)c1ccc(F)c(C)c1. The Bertz CT molecular complexity index is 464. The van der Waals surface area contributed by atoms with Crippen molar-refractivity contribution in [2.75, 3.05) is 6.61 Å². The number of rotatable bonds is 4. The molecule has 90 valence electrons. The Morgan fingerprint density at radius 3 is 2.65 bits per heavy atom. The Hall–Kier alpha value is -1.97. The zero-order valence-corrected chi connectivity index (χ0v) is 9.70. The van der Waals surface area contributed by atoms with Crippen LogP contribution in [0.4, 0.5) is 4.39 Å². The third kappa shape index (κ3) is 3.83. The van der Waals surface area contributed by atoms with Crippen LogP contribution in [0.15, 0.2) is 30.4 Å². The van der Waals surface area contributed by atoms with E-state index in [4.69, 9.17) is 0 Å². The fourth-order valence-electron chi connectivity index (χ4n) is 1.23. The van der Waals surface area contributed by atoms with Crippen molar-refractivity contribution in [1.29, 1.82) is 0 Å². The molecule has 0 aliphatic rings. The summed E-state index contributed by atoms with van der Waals surface area (Å²) < 4.78 is 17.6. The number of hydrogen-bond acceptors (Lipinski definition) is 3. The first kappa shape index (κ1) is 13.1. The molecule has 0 N–H and O–H groups in total. The second-order valence-electron chi connectivity index (χ2n) is 3.41. The molecule has 0 heterocycles. The topological polar surface area (TPSA) is 43.4 Å². The van der Waals surface area contributed by atoms with Gasteiger partial charge in [-0.1, -0.05) is 0 Å². The largest absolute Gasteiger partial charge is 0.463 e. The monoisotopic (exact) mass is 236 g/mol. The fraction of sp³-hybridized carbons (Fsp3) is 0.231. The Kier molecular flexibility index (Phi) is 4.57. The van der Waals surface area contributed by atoms with Crippen LogP contribution in [-0.4, -0.2) is 18.4 Å².